The number of hydrogen-bond acceptors (Lipinski definition) is 4. The standard InChI is InChI=1S/C16H12N2O3/c1-21-11-7-8-13-12(9-11)14(16(19)20)15(18-17-13)10-5-3-2-4-6-10/h2-9H,1H3,(H,19,20). The molecule has 104 valence electrons. The number of carbonyl (C=O) groups is 1. The molecule has 3 rings (SSSR count). The van der Waals surface area contributed by atoms with E-state index < -0.39 is 5.97 Å². The zero-order valence-electron chi connectivity index (χ0n) is 11.3. The number of carboxylic acid groups (broad SMARTS) is 1. The minimum Gasteiger partial charge on any atom is -0.497 e. The highest BCUT2D eigenvalue weighted by Gasteiger charge is 2.18. The maximum Gasteiger partial charge on any atom is 0.338 e. The van der Waals surface area contributed by atoms with Crippen LogP contribution in [0.5, 0.6) is 5.75 Å². The predicted molar refractivity (Wildman–Crippen MR) is 78.5 cm³/mol. The number of aromatic nitrogens is 2. The molecule has 0 aliphatic rings. The second kappa shape index (κ2) is 5.20. The van der Waals surface area contributed by atoms with Crippen LogP contribution >= 0.6 is 0 Å². The highest BCUT2D eigenvalue weighted by Crippen LogP contribution is 2.29. The molecule has 0 fully saturated rings. The van der Waals surface area contributed by atoms with Gasteiger partial charge >= 0.3 is 5.97 Å². The molecule has 0 bridgehead atoms. The van der Waals surface area contributed by atoms with E-state index in [2.05, 4.69) is 10.2 Å². The second-order valence-electron chi connectivity index (χ2n) is 4.48. The number of carboxylic acids is 1. The molecule has 0 spiro atoms. The zero-order valence-corrected chi connectivity index (χ0v) is 11.3. The minimum absolute atomic E-state index is 0.130. The van der Waals surface area contributed by atoms with Crippen LogP contribution in [0.15, 0.2) is 48.5 Å². The van der Waals surface area contributed by atoms with Crippen LogP contribution in [0.3, 0.4) is 0 Å². The van der Waals surface area contributed by atoms with Gasteiger partial charge in [-0.25, -0.2) is 4.79 Å². The molecule has 0 radical (unpaired) electrons. The van der Waals surface area contributed by atoms with E-state index in [9.17, 15) is 9.90 Å². The molecule has 21 heavy (non-hydrogen) atoms. The molecule has 1 aromatic heterocycles. The molecule has 2 aromatic carbocycles. The first-order chi connectivity index (χ1) is 10.2. The zero-order chi connectivity index (χ0) is 14.8. The number of nitrogens with zero attached hydrogens (tertiary/aromatic N) is 2. The summed E-state index contributed by atoms with van der Waals surface area (Å²) in [6, 6.07) is 14.2. The van der Waals surface area contributed by atoms with E-state index in [1.54, 1.807) is 18.2 Å². The number of aromatic carboxylic acids is 1. The molecule has 0 amide bonds. The lowest BCUT2D eigenvalue weighted by molar-refractivity contribution is 0.0699. The Hall–Kier alpha value is -2.95. The van der Waals surface area contributed by atoms with Crippen LogP contribution in [-0.2, 0) is 0 Å². The van der Waals surface area contributed by atoms with E-state index in [-0.39, 0.29) is 5.56 Å². The Balaban J connectivity index is 2.35. The Morgan fingerprint density at radius 2 is 1.86 bits per heavy atom. The van der Waals surface area contributed by atoms with Crippen molar-refractivity contribution in [2.24, 2.45) is 0 Å². The number of fused-ring (bicyclic) bond motifs is 1. The van der Waals surface area contributed by atoms with Crippen molar-refractivity contribution in [3.63, 3.8) is 0 Å². The van der Waals surface area contributed by atoms with Gasteiger partial charge in [-0.15, -0.1) is 10.2 Å². The van der Waals surface area contributed by atoms with Crippen molar-refractivity contribution in [2.45, 2.75) is 0 Å². The fraction of sp³-hybridized carbons (Fsp3) is 0.0625. The third-order valence-corrected chi connectivity index (χ3v) is 3.23. The van der Waals surface area contributed by atoms with Gasteiger partial charge in [-0.05, 0) is 18.2 Å². The largest absolute Gasteiger partial charge is 0.497 e. The molecule has 0 aliphatic heterocycles. The van der Waals surface area contributed by atoms with E-state index in [0.717, 1.165) is 0 Å². The van der Waals surface area contributed by atoms with Gasteiger partial charge in [0.2, 0.25) is 0 Å². The Labute approximate surface area is 120 Å². The van der Waals surface area contributed by atoms with Gasteiger partial charge in [0.15, 0.2) is 0 Å². The third-order valence-electron chi connectivity index (χ3n) is 3.23. The lowest BCUT2D eigenvalue weighted by atomic mass is 10.0. The topological polar surface area (TPSA) is 72.3 Å². The highest BCUT2D eigenvalue weighted by molar-refractivity contribution is 6.07. The number of methoxy groups -OCH3 is 1. The predicted octanol–water partition coefficient (Wildman–Crippen LogP) is 3.00. The number of hydrogen-bond donors (Lipinski definition) is 1. The van der Waals surface area contributed by atoms with Gasteiger partial charge in [-0.2, -0.15) is 0 Å². The summed E-state index contributed by atoms with van der Waals surface area (Å²) in [5.74, 6) is -0.459. The Kier molecular flexibility index (Phi) is 3.23. The summed E-state index contributed by atoms with van der Waals surface area (Å²) in [6.45, 7) is 0. The van der Waals surface area contributed by atoms with Crippen LogP contribution in [-0.4, -0.2) is 28.4 Å². The van der Waals surface area contributed by atoms with Gasteiger partial charge in [0, 0.05) is 10.9 Å². The molecule has 0 aliphatic carbocycles. The van der Waals surface area contributed by atoms with Crippen molar-refractivity contribution in [3.8, 4) is 17.0 Å². The third kappa shape index (κ3) is 2.29. The van der Waals surface area contributed by atoms with Crippen LogP contribution in [0.1, 0.15) is 10.4 Å². The van der Waals surface area contributed by atoms with Gasteiger partial charge < -0.3 is 9.84 Å². The molecular weight excluding hydrogens is 268 g/mol. The average molecular weight is 280 g/mol. The second-order valence-corrected chi connectivity index (χ2v) is 4.48. The summed E-state index contributed by atoms with van der Waals surface area (Å²) in [6.07, 6.45) is 0. The Bertz CT molecular complexity index is 816. The minimum atomic E-state index is -1.04. The van der Waals surface area contributed by atoms with E-state index in [4.69, 9.17) is 4.74 Å². The van der Waals surface area contributed by atoms with Gasteiger partial charge in [0.25, 0.3) is 0 Å². The summed E-state index contributed by atoms with van der Waals surface area (Å²) < 4.78 is 5.16. The van der Waals surface area contributed by atoms with Crippen molar-refractivity contribution in [1.82, 2.24) is 10.2 Å². The molecule has 5 nitrogen and oxygen atoms in total. The lowest BCUT2D eigenvalue weighted by Crippen LogP contribution is -2.05. The average Bonchev–Trinajstić information content (AvgIpc) is 2.53. The summed E-state index contributed by atoms with van der Waals surface area (Å²) in [4.78, 5) is 11.7. The first-order valence-electron chi connectivity index (χ1n) is 6.34. The van der Waals surface area contributed by atoms with Crippen LogP contribution < -0.4 is 4.74 Å². The molecule has 5 heteroatoms. The van der Waals surface area contributed by atoms with E-state index in [1.807, 2.05) is 30.3 Å². The molecular formula is C16H12N2O3. The van der Waals surface area contributed by atoms with Crippen LogP contribution in [0, 0.1) is 0 Å². The molecule has 0 saturated carbocycles. The molecule has 3 aromatic rings. The van der Waals surface area contributed by atoms with Gasteiger partial charge in [0.1, 0.15) is 11.4 Å². The molecule has 0 saturated heterocycles. The molecule has 1 N–H and O–H groups in total. The highest BCUT2D eigenvalue weighted by atomic mass is 16.5. The number of ether oxygens (including phenoxy) is 1. The number of benzene rings is 2. The monoisotopic (exact) mass is 280 g/mol. The van der Waals surface area contributed by atoms with Crippen LogP contribution in [0.25, 0.3) is 22.2 Å². The lowest BCUT2D eigenvalue weighted by Gasteiger charge is -2.09. The first-order valence-corrected chi connectivity index (χ1v) is 6.34. The molecule has 0 unspecified atom stereocenters. The van der Waals surface area contributed by atoms with Crippen molar-refractivity contribution >= 4 is 16.9 Å². The van der Waals surface area contributed by atoms with Crippen LogP contribution in [0.2, 0.25) is 0 Å². The maximum atomic E-state index is 11.7. The fourth-order valence-corrected chi connectivity index (χ4v) is 2.23. The van der Waals surface area contributed by atoms with Gasteiger partial charge in [0.05, 0.1) is 18.2 Å². The fourth-order valence-electron chi connectivity index (χ4n) is 2.23. The quantitative estimate of drug-likeness (QED) is 0.798. The Morgan fingerprint density at radius 1 is 1.10 bits per heavy atom. The molecule has 0 atom stereocenters. The van der Waals surface area contributed by atoms with Crippen molar-refractivity contribution in [1.29, 1.82) is 0 Å². The smallest absolute Gasteiger partial charge is 0.338 e. The summed E-state index contributed by atoms with van der Waals surface area (Å²) in [5, 5.41) is 18.3. The van der Waals surface area contributed by atoms with E-state index in [0.29, 0.717) is 27.9 Å². The SMILES string of the molecule is COc1ccc2nnc(-c3ccccc3)c(C(=O)O)c2c1. The van der Waals surface area contributed by atoms with Crippen molar-refractivity contribution in [2.75, 3.05) is 7.11 Å². The van der Waals surface area contributed by atoms with E-state index in [1.165, 1.54) is 7.11 Å². The first kappa shape index (κ1) is 13.1. The summed E-state index contributed by atoms with van der Waals surface area (Å²) in [5.41, 5.74) is 1.72. The van der Waals surface area contributed by atoms with Crippen molar-refractivity contribution in [3.05, 3.63) is 54.1 Å². The summed E-state index contributed by atoms with van der Waals surface area (Å²) >= 11 is 0. The normalized spacial score (nSPS) is 10.5. The van der Waals surface area contributed by atoms with Crippen molar-refractivity contribution < 1.29 is 14.6 Å². The number of rotatable bonds is 3. The van der Waals surface area contributed by atoms with Crippen LogP contribution in [0.4, 0.5) is 0 Å². The van der Waals surface area contributed by atoms with Gasteiger partial charge in [-0.1, -0.05) is 30.3 Å². The summed E-state index contributed by atoms with van der Waals surface area (Å²) in [7, 11) is 1.54. The Morgan fingerprint density at radius 3 is 2.52 bits per heavy atom. The molecule has 1 heterocycles. The van der Waals surface area contributed by atoms with Gasteiger partial charge in [-0.3, -0.25) is 0 Å². The maximum absolute atomic E-state index is 11.7. The van der Waals surface area contributed by atoms with E-state index >= 15 is 0 Å².